The Kier molecular flexibility index (Phi) is 4.26. The fraction of sp³-hybridized carbons (Fsp3) is 0.294. The van der Waals surface area contributed by atoms with E-state index in [4.69, 9.17) is 4.74 Å². The van der Waals surface area contributed by atoms with Gasteiger partial charge < -0.3 is 9.72 Å². The summed E-state index contributed by atoms with van der Waals surface area (Å²) in [4.78, 5) is 37.1. The molecule has 1 aromatic carbocycles. The Hall–Kier alpha value is -3.16. The van der Waals surface area contributed by atoms with Crippen LogP contribution < -0.4 is 15.6 Å². The summed E-state index contributed by atoms with van der Waals surface area (Å²) in [6, 6.07) is 7.58. The minimum atomic E-state index is -0.429. The van der Waals surface area contributed by atoms with E-state index in [2.05, 4.69) is 46.0 Å². The SMILES string of the molecule is CC(C)(C)c1ccccc1OCC(=O)Nc1nc2nc[nH]c2c(=O)[nH]1. The number of ether oxygens (including phenoxy) is 1. The van der Waals surface area contributed by atoms with Crippen molar-refractivity contribution in [1.29, 1.82) is 0 Å². The highest BCUT2D eigenvalue weighted by atomic mass is 16.5. The van der Waals surface area contributed by atoms with E-state index in [1.54, 1.807) is 0 Å². The number of H-pyrrole nitrogens is 2. The number of fused-ring (bicyclic) bond motifs is 1. The van der Waals surface area contributed by atoms with Gasteiger partial charge in [-0.1, -0.05) is 39.0 Å². The van der Waals surface area contributed by atoms with Crippen LogP contribution in [0.4, 0.5) is 5.95 Å². The van der Waals surface area contributed by atoms with Gasteiger partial charge in [0.1, 0.15) is 5.75 Å². The summed E-state index contributed by atoms with van der Waals surface area (Å²) in [5.74, 6) is 0.249. The number of nitrogens with zero attached hydrogens (tertiary/aromatic N) is 2. The molecule has 3 rings (SSSR count). The van der Waals surface area contributed by atoms with E-state index in [1.807, 2.05) is 24.3 Å². The third-order valence-electron chi connectivity index (χ3n) is 3.61. The fourth-order valence-electron chi connectivity index (χ4n) is 2.43. The second-order valence-corrected chi connectivity index (χ2v) is 6.60. The van der Waals surface area contributed by atoms with Crippen LogP contribution in [0.25, 0.3) is 11.2 Å². The smallest absolute Gasteiger partial charge is 0.278 e. The highest BCUT2D eigenvalue weighted by Gasteiger charge is 2.19. The summed E-state index contributed by atoms with van der Waals surface area (Å²) in [7, 11) is 0. The molecule has 3 aromatic rings. The van der Waals surface area contributed by atoms with Gasteiger partial charge in [-0.3, -0.25) is 19.9 Å². The molecular formula is C17H19N5O3. The van der Waals surface area contributed by atoms with E-state index >= 15 is 0 Å². The number of nitrogens with one attached hydrogen (secondary N) is 3. The Bertz CT molecular complexity index is 968. The summed E-state index contributed by atoms with van der Waals surface area (Å²) in [6.45, 7) is 6.02. The van der Waals surface area contributed by atoms with Crippen LogP contribution in [-0.2, 0) is 10.2 Å². The van der Waals surface area contributed by atoms with E-state index in [-0.39, 0.29) is 29.1 Å². The Labute approximate surface area is 143 Å². The Morgan fingerprint density at radius 1 is 1.28 bits per heavy atom. The van der Waals surface area contributed by atoms with Gasteiger partial charge in [-0.15, -0.1) is 0 Å². The van der Waals surface area contributed by atoms with E-state index < -0.39 is 11.5 Å². The molecule has 2 heterocycles. The molecule has 0 radical (unpaired) electrons. The summed E-state index contributed by atoms with van der Waals surface area (Å²) in [6.07, 6.45) is 1.37. The summed E-state index contributed by atoms with van der Waals surface area (Å²) in [5.41, 5.74) is 0.987. The molecular weight excluding hydrogens is 322 g/mol. The number of anilines is 1. The number of carbonyl (C=O) groups excluding carboxylic acids is 1. The van der Waals surface area contributed by atoms with Crippen molar-refractivity contribution in [3.8, 4) is 5.75 Å². The molecule has 0 fully saturated rings. The predicted molar refractivity (Wildman–Crippen MR) is 93.8 cm³/mol. The number of aromatic amines is 2. The second-order valence-electron chi connectivity index (χ2n) is 6.60. The highest BCUT2D eigenvalue weighted by Crippen LogP contribution is 2.30. The van der Waals surface area contributed by atoms with Crippen molar-refractivity contribution >= 4 is 23.0 Å². The quantitative estimate of drug-likeness (QED) is 0.671. The first-order chi connectivity index (χ1) is 11.8. The van der Waals surface area contributed by atoms with Crippen LogP contribution in [-0.4, -0.2) is 32.4 Å². The maximum absolute atomic E-state index is 12.1. The van der Waals surface area contributed by atoms with E-state index in [1.165, 1.54) is 6.33 Å². The predicted octanol–water partition coefficient (Wildman–Crippen LogP) is 1.96. The van der Waals surface area contributed by atoms with Crippen LogP contribution in [0, 0.1) is 0 Å². The first-order valence-corrected chi connectivity index (χ1v) is 7.80. The van der Waals surface area contributed by atoms with Crippen LogP contribution in [0.15, 0.2) is 35.4 Å². The molecule has 0 aliphatic carbocycles. The number of hydrogen-bond donors (Lipinski definition) is 3. The molecule has 0 aliphatic rings. The van der Waals surface area contributed by atoms with Gasteiger partial charge in [0.2, 0.25) is 5.95 Å². The highest BCUT2D eigenvalue weighted by molar-refractivity contribution is 5.90. The van der Waals surface area contributed by atoms with E-state index in [0.29, 0.717) is 5.75 Å². The molecule has 25 heavy (non-hydrogen) atoms. The third kappa shape index (κ3) is 3.68. The Morgan fingerprint density at radius 3 is 2.80 bits per heavy atom. The average molecular weight is 341 g/mol. The van der Waals surface area contributed by atoms with Crippen molar-refractivity contribution in [3.05, 3.63) is 46.5 Å². The first kappa shape index (κ1) is 16.7. The lowest BCUT2D eigenvalue weighted by atomic mass is 9.86. The molecule has 0 saturated carbocycles. The van der Waals surface area contributed by atoms with Crippen LogP contribution >= 0.6 is 0 Å². The number of amides is 1. The molecule has 0 unspecified atom stereocenters. The van der Waals surface area contributed by atoms with E-state index in [0.717, 1.165) is 5.56 Å². The molecule has 8 heteroatoms. The zero-order chi connectivity index (χ0) is 18.0. The number of para-hydroxylation sites is 1. The number of imidazole rings is 1. The molecule has 0 aliphatic heterocycles. The Balaban J connectivity index is 1.70. The summed E-state index contributed by atoms with van der Waals surface area (Å²) in [5, 5.41) is 2.51. The average Bonchev–Trinajstić information content (AvgIpc) is 3.01. The standard InChI is InChI=1S/C17H19N5O3/c1-17(2,3)10-6-4-5-7-11(10)25-8-12(23)20-16-21-14-13(15(24)22-16)18-9-19-14/h4-7,9H,8H2,1-3H3,(H3,18,19,20,21,22,23,24). The van der Waals surface area contributed by atoms with Gasteiger partial charge in [0.05, 0.1) is 6.33 Å². The van der Waals surface area contributed by atoms with Crippen LogP contribution in [0.2, 0.25) is 0 Å². The fourth-order valence-corrected chi connectivity index (χ4v) is 2.43. The van der Waals surface area contributed by atoms with Gasteiger partial charge in [0.25, 0.3) is 11.5 Å². The van der Waals surface area contributed by atoms with Gasteiger partial charge in [-0.2, -0.15) is 4.98 Å². The minimum Gasteiger partial charge on any atom is -0.483 e. The third-order valence-corrected chi connectivity index (χ3v) is 3.61. The van der Waals surface area contributed by atoms with Crippen molar-refractivity contribution in [1.82, 2.24) is 19.9 Å². The van der Waals surface area contributed by atoms with Crippen molar-refractivity contribution < 1.29 is 9.53 Å². The molecule has 130 valence electrons. The number of hydrogen-bond acceptors (Lipinski definition) is 5. The molecule has 3 N–H and O–H groups in total. The van der Waals surface area contributed by atoms with Gasteiger partial charge in [0.15, 0.2) is 17.8 Å². The summed E-state index contributed by atoms with van der Waals surface area (Å²) >= 11 is 0. The van der Waals surface area contributed by atoms with Crippen molar-refractivity contribution in [2.75, 3.05) is 11.9 Å². The zero-order valence-electron chi connectivity index (χ0n) is 14.2. The van der Waals surface area contributed by atoms with Gasteiger partial charge >= 0.3 is 0 Å². The molecule has 1 amide bonds. The molecule has 0 saturated heterocycles. The number of aromatic nitrogens is 4. The van der Waals surface area contributed by atoms with Crippen molar-refractivity contribution in [3.63, 3.8) is 0 Å². The number of rotatable bonds is 4. The lowest BCUT2D eigenvalue weighted by Gasteiger charge is -2.22. The zero-order valence-corrected chi connectivity index (χ0v) is 14.2. The van der Waals surface area contributed by atoms with Crippen LogP contribution in [0.3, 0.4) is 0 Å². The lowest BCUT2D eigenvalue weighted by Crippen LogP contribution is -2.24. The normalized spacial score (nSPS) is 11.5. The Morgan fingerprint density at radius 2 is 2.04 bits per heavy atom. The largest absolute Gasteiger partial charge is 0.483 e. The maximum Gasteiger partial charge on any atom is 0.278 e. The number of benzene rings is 1. The van der Waals surface area contributed by atoms with Gasteiger partial charge in [0, 0.05) is 0 Å². The minimum absolute atomic E-state index is 0.0299. The van der Waals surface area contributed by atoms with Gasteiger partial charge in [-0.25, -0.2) is 4.98 Å². The molecule has 0 atom stereocenters. The molecule has 2 aromatic heterocycles. The molecule has 8 nitrogen and oxygen atoms in total. The van der Waals surface area contributed by atoms with Gasteiger partial charge in [-0.05, 0) is 17.0 Å². The topological polar surface area (TPSA) is 113 Å². The maximum atomic E-state index is 12.1. The molecule has 0 spiro atoms. The van der Waals surface area contributed by atoms with Crippen LogP contribution in [0.5, 0.6) is 5.75 Å². The first-order valence-electron chi connectivity index (χ1n) is 7.80. The van der Waals surface area contributed by atoms with Crippen LogP contribution in [0.1, 0.15) is 26.3 Å². The second kappa shape index (κ2) is 6.39. The molecule has 0 bridgehead atoms. The lowest BCUT2D eigenvalue weighted by molar-refractivity contribution is -0.118. The number of carbonyl (C=O) groups is 1. The summed E-state index contributed by atoms with van der Waals surface area (Å²) < 4.78 is 5.65. The monoisotopic (exact) mass is 341 g/mol. The van der Waals surface area contributed by atoms with Crippen molar-refractivity contribution in [2.45, 2.75) is 26.2 Å². The van der Waals surface area contributed by atoms with E-state index in [9.17, 15) is 9.59 Å². The van der Waals surface area contributed by atoms with Crippen molar-refractivity contribution in [2.24, 2.45) is 0 Å².